The summed E-state index contributed by atoms with van der Waals surface area (Å²) in [6.45, 7) is 0. The molecule has 2 atom stereocenters. The molecule has 0 spiro atoms. The van der Waals surface area contributed by atoms with Gasteiger partial charge in [0.25, 0.3) is 0 Å². The van der Waals surface area contributed by atoms with Gasteiger partial charge in [0.1, 0.15) is 5.60 Å². The quantitative estimate of drug-likeness (QED) is 0.512. The summed E-state index contributed by atoms with van der Waals surface area (Å²) < 4.78 is 0. The van der Waals surface area contributed by atoms with Gasteiger partial charge >= 0.3 is 0 Å². The van der Waals surface area contributed by atoms with Crippen LogP contribution in [0.1, 0.15) is 19.3 Å². The maximum absolute atomic E-state index is 11.2. The SMILES string of the molecule is NC1=CC(=O)[C@]2(O)CCC[C@H]12. The fourth-order valence-electron chi connectivity index (χ4n) is 2.10. The van der Waals surface area contributed by atoms with Crippen LogP contribution in [-0.4, -0.2) is 16.5 Å². The highest BCUT2D eigenvalue weighted by Crippen LogP contribution is 2.43. The average Bonchev–Trinajstić information content (AvgIpc) is 2.39. The second-order valence-corrected chi connectivity index (χ2v) is 3.38. The zero-order valence-corrected chi connectivity index (χ0v) is 6.21. The van der Waals surface area contributed by atoms with Crippen LogP contribution in [0, 0.1) is 5.92 Å². The molecule has 3 N–H and O–H groups in total. The highest BCUT2D eigenvalue weighted by Gasteiger charge is 2.51. The average molecular weight is 153 g/mol. The second kappa shape index (κ2) is 1.85. The van der Waals surface area contributed by atoms with Gasteiger partial charge in [-0.25, -0.2) is 0 Å². The molecular weight excluding hydrogens is 142 g/mol. The minimum Gasteiger partial charge on any atom is -0.402 e. The number of fused-ring (bicyclic) bond motifs is 1. The predicted octanol–water partition coefficient (Wildman–Crippen LogP) is -0.0571. The van der Waals surface area contributed by atoms with Crippen LogP contribution < -0.4 is 5.73 Å². The third-order valence-corrected chi connectivity index (χ3v) is 2.75. The van der Waals surface area contributed by atoms with Crippen molar-refractivity contribution in [2.24, 2.45) is 11.7 Å². The van der Waals surface area contributed by atoms with Gasteiger partial charge in [0.2, 0.25) is 0 Å². The number of nitrogens with two attached hydrogens (primary N) is 1. The zero-order valence-electron chi connectivity index (χ0n) is 6.21. The molecule has 0 heterocycles. The van der Waals surface area contributed by atoms with Gasteiger partial charge in [-0.05, 0) is 19.3 Å². The van der Waals surface area contributed by atoms with Gasteiger partial charge in [-0.2, -0.15) is 0 Å². The van der Waals surface area contributed by atoms with E-state index in [1.807, 2.05) is 0 Å². The van der Waals surface area contributed by atoms with Crippen molar-refractivity contribution >= 4 is 5.78 Å². The van der Waals surface area contributed by atoms with E-state index in [4.69, 9.17) is 5.73 Å². The van der Waals surface area contributed by atoms with Gasteiger partial charge in [-0.1, -0.05) is 0 Å². The van der Waals surface area contributed by atoms with E-state index in [9.17, 15) is 9.90 Å². The first-order valence-electron chi connectivity index (χ1n) is 3.88. The number of carbonyl (C=O) groups is 1. The van der Waals surface area contributed by atoms with Crippen LogP contribution in [0.2, 0.25) is 0 Å². The van der Waals surface area contributed by atoms with Crippen molar-refractivity contribution in [1.82, 2.24) is 0 Å². The van der Waals surface area contributed by atoms with Gasteiger partial charge in [-0.15, -0.1) is 0 Å². The summed E-state index contributed by atoms with van der Waals surface area (Å²) in [7, 11) is 0. The lowest BCUT2D eigenvalue weighted by atomic mass is 9.92. The molecule has 0 amide bonds. The van der Waals surface area contributed by atoms with Gasteiger partial charge in [0.05, 0.1) is 0 Å². The van der Waals surface area contributed by atoms with E-state index in [2.05, 4.69) is 0 Å². The molecule has 0 aromatic carbocycles. The first-order chi connectivity index (χ1) is 5.14. The van der Waals surface area contributed by atoms with E-state index in [1.54, 1.807) is 0 Å². The summed E-state index contributed by atoms with van der Waals surface area (Å²) in [6, 6.07) is 0. The summed E-state index contributed by atoms with van der Waals surface area (Å²) >= 11 is 0. The number of hydrogen-bond acceptors (Lipinski definition) is 3. The largest absolute Gasteiger partial charge is 0.402 e. The summed E-state index contributed by atoms with van der Waals surface area (Å²) in [5.41, 5.74) is 5.02. The molecule has 1 saturated carbocycles. The first-order valence-corrected chi connectivity index (χ1v) is 3.88. The number of carbonyl (C=O) groups excluding carboxylic acids is 1. The van der Waals surface area contributed by atoms with E-state index in [0.29, 0.717) is 12.1 Å². The Morgan fingerprint density at radius 3 is 3.09 bits per heavy atom. The number of aliphatic hydroxyl groups is 1. The number of rotatable bonds is 0. The van der Waals surface area contributed by atoms with Gasteiger partial charge in [-0.3, -0.25) is 4.79 Å². The van der Waals surface area contributed by atoms with Crippen molar-refractivity contribution in [3.8, 4) is 0 Å². The third kappa shape index (κ3) is 0.688. The predicted molar refractivity (Wildman–Crippen MR) is 39.6 cm³/mol. The van der Waals surface area contributed by atoms with E-state index < -0.39 is 5.60 Å². The Morgan fingerprint density at radius 2 is 2.45 bits per heavy atom. The Bertz CT molecular complexity index is 246. The van der Waals surface area contributed by atoms with Crippen molar-refractivity contribution < 1.29 is 9.90 Å². The van der Waals surface area contributed by atoms with Gasteiger partial charge in [0, 0.05) is 17.7 Å². The molecule has 3 heteroatoms. The Kier molecular flexibility index (Phi) is 1.16. The van der Waals surface area contributed by atoms with Crippen molar-refractivity contribution in [3.63, 3.8) is 0 Å². The maximum atomic E-state index is 11.2. The normalized spacial score (nSPS) is 42.5. The molecule has 0 aromatic rings. The van der Waals surface area contributed by atoms with E-state index in [0.717, 1.165) is 12.8 Å². The van der Waals surface area contributed by atoms with Crippen molar-refractivity contribution in [3.05, 3.63) is 11.8 Å². The molecule has 0 aliphatic heterocycles. The fraction of sp³-hybridized carbons (Fsp3) is 0.625. The molecule has 0 saturated heterocycles. The molecule has 2 aliphatic carbocycles. The van der Waals surface area contributed by atoms with Gasteiger partial charge in [0.15, 0.2) is 5.78 Å². The van der Waals surface area contributed by atoms with Crippen LogP contribution >= 0.6 is 0 Å². The molecule has 3 nitrogen and oxygen atoms in total. The fourth-order valence-corrected chi connectivity index (χ4v) is 2.10. The summed E-state index contributed by atoms with van der Waals surface area (Å²) in [5.74, 6) is -0.285. The monoisotopic (exact) mass is 153 g/mol. The Balaban J connectivity index is 2.40. The number of ketones is 1. The molecule has 60 valence electrons. The second-order valence-electron chi connectivity index (χ2n) is 3.38. The Morgan fingerprint density at radius 1 is 1.73 bits per heavy atom. The van der Waals surface area contributed by atoms with Crippen LogP contribution in [0.25, 0.3) is 0 Å². The number of hydrogen-bond donors (Lipinski definition) is 2. The Labute approximate surface area is 64.9 Å². The minimum absolute atomic E-state index is 0.0880. The van der Waals surface area contributed by atoms with Crippen molar-refractivity contribution in [2.45, 2.75) is 24.9 Å². The molecule has 1 fully saturated rings. The maximum Gasteiger partial charge on any atom is 0.189 e. The summed E-state index contributed by atoms with van der Waals surface area (Å²) in [6.07, 6.45) is 3.71. The van der Waals surface area contributed by atoms with E-state index in [1.165, 1.54) is 6.08 Å². The Hall–Kier alpha value is -0.830. The molecule has 0 aromatic heterocycles. The summed E-state index contributed by atoms with van der Waals surface area (Å²) in [5, 5.41) is 9.79. The highest BCUT2D eigenvalue weighted by molar-refractivity contribution is 6.01. The highest BCUT2D eigenvalue weighted by atomic mass is 16.3. The smallest absolute Gasteiger partial charge is 0.189 e. The topological polar surface area (TPSA) is 63.3 Å². The van der Waals surface area contributed by atoms with Crippen LogP contribution in [0.4, 0.5) is 0 Å². The first kappa shape index (κ1) is 6.85. The molecular formula is C8H11NO2. The van der Waals surface area contributed by atoms with Crippen LogP contribution in [-0.2, 0) is 4.79 Å². The van der Waals surface area contributed by atoms with E-state index >= 15 is 0 Å². The molecule has 2 rings (SSSR count). The minimum atomic E-state index is -1.12. The van der Waals surface area contributed by atoms with Crippen molar-refractivity contribution in [1.29, 1.82) is 0 Å². The lowest BCUT2D eigenvalue weighted by Gasteiger charge is -2.20. The van der Waals surface area contributed by atoms with Crippen LogP contribution in [0.3, 0.4) is 0 Å². The molecule has 2 aliphatic rings. The van der Waals surface area contributed by atoms with Crippen molar-refractivity contribution in [2.75, 3.05) is 0 Å². The lowest BCUT2D eigenvalue weighted by Crippen LogP contribution is -2.37. The lowest BCUT2D eigenvalue weighted by molar-refractivity contribution is -0.132. The van der Waals surface area contributed by atoms with Crippen LogP contribution in [0.5, 0.6) is 0 Å². The molecule has 11 heavy (non-hydrogen) atoms. The third-order valence-electron chi connectivity index (χ3n) is 2.75. The molecule has 0 unspecified atom stereocenters. The zero-order chi connectivity index (χ0) is 8.06. The molecule has 0 radical (unpaired) electrons. The van der Waals surface area contributed by atoms with E-state index in [-0.39, 0.29) is 11.7 Å². The van der Waals surface area contributed by atoms with Gasteiger partial charge < -0.3 is 10.8 Å². The molecule has 0 bridgehead atoms. The summed E-state index contributed by atoms with van der Waals surface area (Å²) in [4.78, 5) is 11.2. The van der Waals surface area contributed by atoms with Crippen LogP contribution in [0.15, 0.2) is 11.8 Å². The standard InChI is InChI=1S/C8H11NO2/c9-6-4-7(10)8(11)3-1-2-5(6)8/h4-5,11H,1-3,9H2/t5-,8+/m1/s1.